The van der Waals surface area contributed by atoms with Crippen LogP contribution in [0.3, 0.4) is 0 Å². The summed E-state index contributed by atoms with van der Waals surface area (Å²) in [5, 5.41) is 7.97. The van der Waals surface area contributed by atoms with Gasteiger partial charge in [-0.25, -0.2) is 4.79 Å². The van der Waals surface area contributed by atoms with Crippen molar-refractivity contribution in [2.75, 3.05) is 36.1 Å². The van der Waals surface area contributed by atoms with Gasteiger partial charge in [-0.05, 0) is 19.1 Å². The third-order valence-electron chi connectivity index (χ3n) is 2.47. The summed E-state index contributed by atoms with van der Waals surface area (Å²) in [5.74, 6) is 2.64. The smallest absolute Gasteiger partial charge is 0.358 e. The molecule has 0 spiro atoms. The molecular formula is C11H15N3O2S. The van der Waals surface area contributed by atoms with E-state index >= 15 is 0 Å². The fraction of sp³-hybridized carbons (Fsp3) is 0.545. The molecule has 1 aliphatic rings. The molecule has 92 valence electrons. The molecule has 1 saturated heterocycles. The van der Waals surface area contributed by atoms with E-state index in [1.165, 1.54) is 0 Å². The van der Waals surface area contributed by atoms with Crippen molar-refractivity contribution in [2.45, 2.75) is 6.92 Å². The first-order valence-corrected chi connectivity index (χ1v) is 6.80. The Morgan fingerprint density at radius 2 is 2.18 bits per heavy atom. The number of esters is 1. The molecule has 0 amide bonds. The van der Waals surface area contributed by atoms with Gasteiger partial charge in [-0.2, -0.15) is 11.8 Å². The van der Waals surface area contributed by atoms with Gasteiger partial charge in [-0.3, -0.25) is 0 Å². The van der Waals surface area contributed by atoms with Gasteiger partial charge in [0.2, 0.25) is 0 Å². The Hall–Kier alpha value is -1.30. The molecule has 0 aromatic carbocycles. The molecule has 0 unspecified atom stereocenters. The van der Waals surface area contributed by atoms with Crippen LogP contribution in [0.4, 0.5) is 5.82 Å². The molecule has 2 heterocycles. The first-order chi connectivity index (χ1) is 8.31. The van der Waals surface area contributed by atoms with Crippen molar-refractivity contribution < 1.29 is 9.53 Å². The Labute approximate surface area is 105 Å². The van der Waals surface area contributed by atoms with Gasteiger partial charge in [-0.1, -0.05) is 0 Å². The van der Waals surface area contributed by atoms with Gasteiger partial charge < -0.3 is 9.64 Å². The molecule has 0 aliphatic carbocycles. The van der Waals surface area contributed by atoms with Crippen molar-refractivity contribution in [1.82, 2.24) is 10.2 Å². The molecule has 6 heteroatoms. The van der Waals surface area contributed by atoms with E-state index in [0.717, 1.165) is 30.4 Å². The lowest BCUT2D eigenvalue weighted by Crippen LogP contribution is -2.33. The van der Waals surface area contributed by atoms with Crippen LogP contribution in [0, 0.1) is 0 Å². The van der Waals surface area contributed by atoms with Crippen molar-refractivity contribution in [3.63, 3.8) is 0 Å². The van der Waals surface area contributed by atoms with Crippen molar-refractivity contribution in [1.29, 1.82) is 0 Å². The second-order valence-electron chi connectivity index (χ2n) is 3.60. The monoisotopic (exact) mass is 253 g/mol. The van der Waals surface area contributed by atoms with Crippen LogP contribution in [0.2, 0.25) is 0 Å². The van der Waals surface area contributed by atoms with Crippen LogP contribution in [-0.4, -0.2) is 47.4 Å². The lowest BCUT2D eigenvalue weighted by molar-refractivity contribution is 0.0518. The maximum Gasteiger partial charge on any atom is 0.358 e. The normalized spacial score (nSPS) is 15.7. The fourth-order valence-corrected chi connectivity index (χ4v) is 2.50. The molecule has 1 fully saturated rings. The Morgan fingerprint density at radius 3 is 2.76 bits per heavy atom. The summed E-state index contributed by atoms with van der Waals surface area (Å²) >= 11 is 1.94. The number of carbonyl (C=O) groups is 1. The number of carbonyl (C=O) groups excluding carboxylic acids is 1. The summed E-state index contributed by atoms with van der Waals surface area (Å²) in [6.07, 6.45) is 0. The lowest BCUT2D eigenvalue weighted by atomic mass is 10.3. The number of anilines is 1. The summed E-state index contributed by atoms with van der Waals surface area (Å²) in [6, 6.07) is 3.50. The first kappa shape index (κ1) is 12.2. The second-order valence-corrected chi connectivity index (χ2v) is 4.82. The largest absolute Gasteiger partial charge is 0.461 e. The highest BCUT2D eigenvalue weighted by Gasteiger charge is 2.14. The average molecular weight is 253 g/mol. The highest BCUT2D eigenvalue weighted by Crippen LogP contribution is 2.16. The molecular weight excluding hydrogens is 238 g/mol. The van der Waals surface area contributed by atoms with Gasteiger partial charge in [0.15, 0.2) is 11.5 Å². The van der Waals surface area contributed by atoms with Gasteiger partial charge in [0, 0.05) is 24.6 Å². The van der Waals surface area contributed by atoms with E-state index in [4.69, 9.17) is 4.74 Å². The zero-order valence-corrected chi connectivity index (χ0v) is 10.6. The van der Waals surface area contributed by atoms with Gasteiger partial charge in [0.25, 0.3) is 0 Å². The van der Waals surface area contributed by atoms with Crippen LogP contribution in [0.5, 0.6) is 0 Å². The van der Waals surface area contributed by atoms with Gasteiger partial charge >= 0.3 is 5.97 Å². The summed E-state index contributed by atoms with van der Waals surface area (Å²) < 4.78 is 4.85. The Bertz CT molecular complexity index is 377. The third kappa shape index (κ3) is 3.09. The minimum atomic E-state index is -0.416. The minimum absolute atomic E-state index is 0.266. The van der Waals surface area contributed by atoms with Crippen LogP contribution in [0.15, 0.2) is 12.1 Å². The van der Waals surface area contributed by atoms with Crippen LogP contribution in [0.25, 0.3) is 0 Å². The van der Waals surface area contributed by atoms with E-state index < -0.39 is 5.97 Å². The van der Waals surface area contributed by atoms with E-state index in [-0.39, 0.29) is 5.69 Å². The summed E-state index contributed by atoms with van der Waals surface area (Å²) in [5.41, 5.74) is 0.266. The van der Waals surface area contributed by atoms with Crippen LogP contribution >= 0.6 is 11.8 Å². The van der Waals surface area contributed by atoms with Gasteiger partial charge in [0.05, 0.1) is 6.61 Å². The average Bonchev–Trinajstić information content (AvgIpc) is 2.40. The zero-order valence-electron chi connectivity index (χ0n) is 9.76. The highest BCUT2D eigenvalue weighted by molar-refractivity contribution is 7.99. The molecule has 0 radical (unpaired) electrons. The topological polar surface area (TPSA) is 55.3 Å². The van der Waals surface area contributed by atoms with Crippen molar-refractivity contribution in [3.8, 4) is 0 Å². The van der Waals surface area contributed by atoms with E-state index in [1.54, 1.807) is 13.0 Å². The van der Waals surface area contributed by atoms with Crippen LogP contribution < -0.4 is 4.90 Å². The quantitative estimate of drug-likeness (QED) is 0.755. The van der Waals surface area contributed by atoms with Crippen molar-refractivity contribution >= 4 is 23.5 Å². The van der Waals surface area contributed by atoms with E-state index in [1.807, 2.05) is 17.8 Å². The van der Waals surface area contributed by atoms with Gasteiger partial charge in [-0.15, -0.1) is 10.2 Å². The minimum Gasteiger partial charge on any atom is -0.461 e. The maximum atomic E-state index is 11.4. The SMILES string of the molecule is CCOC(=O)c1ccc(N2CCSCC2)nn1. The maximum absolute atomic E-state index is 11.4. The summed E-state index contributed by atoms with van der Waals surface area (Å²) in [6.45, 7) is 4.09. The van der Waals surface area contributed by atoms with E-state index in [0.29, 0.717) is 6.61 Å². The number of nitrogens with zero attached hydrogens (tertiary/aromatic N) is 3. The predicted octanol–water partition coefficient (Wildman–Crippen LogP) is 1.21. The zero-order chi connectivity index (χ0) is 12.1. The fourth-order valence-electron chi connectivity index (χ4n) is 1.60. The standard InChI is InChI=1S/C11H15N3O2S/c1-2-16-11(15)9-3-4-10(13-12-9)14-5-7-17-8-6-14/h3-4H,2,5-8H2,1H3. The highest BCUT2D eigenvalue weighted by atomic mass is 32.2. The van der Waals surface area contributed by atoms with Crippen LogP contribution in [-0.2, 0) is 4.74 Å². The van der Waals surface area contributed by atoms with Gasteiger partial charge in [0.1, 0.15) is 0 Å². The molecule has 0 atom stereocenters. The number of rotatable bonds is 3. The molecule has 1 aromatic heterocycles. The second kappa shape index (κ2) is 5.86. The summed E-state index contributed by atoms with van der Waals surface area (Å²) in [7, 11) is 0. The Morgan fingerprint density at radius 1 is 1.41 bits per heavy atom. The number of aromatic nitrogens is 2. The lowest BCUT2D eigenvalue weighted by Gasteiger charge is -2.26. The van der Waals surface area contributed by atoms with E-state index in [2.05, 4.69) is 15.1 Å². The first-order valence-electron chi connectivity index (χ1n) is 5.65. The van der Waals surface area contributed by atoms with Crippen LogP contribution in [0.1, 0.15) is 17.4 Å². The summed E-state index contributed by atoms with van der Waals surface area (Å²) in [4.78, 5) is 13.6. The molecule has 5 nitrogen and oxygen atoms in total. The Kier molecular flexibility index (Phi) is 4.19. The molecule has 0 bridgehead atoms. The molecule has 1 aliphatic heterocycles. The van der Waals surface area contributed by atoms with Crippen molar-refractivity contribution in [3.05, 3.63) is 17.8 Å². The predicted molar refractivity (Wildman–Crippen MR) is 67.5 cm³/mol. The molecule has 0 N–H and O–H groups in total. The number of ether oxygens (including phenoxy) is 1. The third-order valence-corrected chi connectivity index (χ3v) is 3.41. The number of hydrogen-bond acceptors (Lipinski definition) is 6. The molecule has 1 aromatic rings. The molecule has 2 rings (SSSR count). The number of hydrogen-bond donors (Lipinski definition) is 0. The number of thioether (sulfide) groups is 1. The van der Waals surface area contributed by atoms with Crippen molar-refractivity contribution in [2.24, 2.45) is 0 Å². The molecule has 0 saturated carbocycles. The molecule has 17 heavy (non-hydrogen) atoms. The Balaban J connectivity index is 2.04. The van der Waals surface area contributed by atoms with E-state index in [9.17, 15) is 4.79 Å².